The van der Waals surface area contributed by atoms with E-state index >= 15 is 0 Å². The van der Waals surface area contributed by atoms with Crippen LogP contribution < -0.4 is 15.4 Å². The fourth-order valence-electron chi connectivity index (χ4n) is 2.57. The van der Waals surface area contributed by atoms with Crippen LogP contribution in [0.5, 0.6) is 5.75 Å². The zero-order valence-electron chi connectivity index (χ0n) is 13.6. The molecule has 1 saturated heterocycles. The number of rotatable bonds is 5. The fraction of sp³-hybridized carbons (Fsp3) is 0.312. The van der Waals surface area contributed by atoms with Crippen LogP contribution in [0.1, 0.15) is 16.9 Å². The highest BCUT2D eigenvalue weighted by molar-refractivity contribution is 7.91. The van der Waals surface area contributed by atoms with Crippen LogP contribution in [0.25, 0.3) is 0 Å². The summed E-state index contributed by atoms with van der Waals surface area (Å²) in [5.74, 6) is 0.766. The van der Waals surface area contributed by atoms with E-state index in [-0.39, 0.29) is 23.2 Å². The first-order valence-corrected chi connectivity index (χ1v) is 9.54. The van der Waals surface area contributed by atoms with Crippen LogP contribution in [0, 0.1) is 0 Å². The maximum absolute atomic E-state index is 12.1. The Kier molecular flexibility index (Phi) is 4.84. The number of ether oxygens (including phenoxy) is 1. The van der Waals surface area contributed by atoms with Crippen molar-refractivity contribution >= 4 is 27.2 Å². The van der Waals surface area contributed by atoms with Gasteiger partial charge in [-0.25, -0.2) is 8.42 Å². The molecule has 0 saturated carbocycles. The van der Waals surface area contributed by atoms with Crippen molar-refractivity contribution < 1.29 is 17.9 Å². The van der Waals surface area contributed by atoms with Gasteiger partial charge in [-0.15, -0.1) is 10.2 Å². The number of nitrogens with zero attached hydrogens (tertiary/aromatic N) is 2. The van der Waals surface area contributed by atoms with Gasteiger partial charge < -0.3 is 15.4 Å². The molecule has 1 aliphatic rings. The highest BCUT2D eigenvalue weighted by atomic mass is 32.2. The Labute approximate surface area is 145 Å². The van der Waals surface area contributed by atoms with Crippen molar-refractivity contribution in [1.29, 1.82) is 0 Å². The number of carbonyl (C=O) groups is 1. The molecule has 132 valence electrons. The second-order valence-electron chi connectivity index (χ2n) is 5.70. The molecule has 1 amide bonds. The smallest absolute Gasteiger partial charge is 0.272 e. The first-order valence-electron chi connectivity index (χ1n) is 7.72. The van der Waals surface area contributed by atoms with Crippen molar-refractivity contribution in [1.82, 2.24) is 15.5 Å². The van der Waals surface area contributed by atoms with E-state index in [2.05, 4.69) is 20.8 Å². The molecule has 0 bridgehead atoms. The number of benzene rings is 1. The summed E-state index contributed by atoms with van der Waals surface area (Å²) in [5, 5.41) is 13.6. The fourth-order valence-corrected chi connectivity index (χ4v) is 4.25. The van der Waals surface area contributed by atoms with E-state index in [1.54, 1.807) is 13.2 Å². The highest BCUT2D eigenvalue weighted by Crippen LogP contribution is 2.25. The van der Waals surface area contributed by atoms with Gasteiger partial charge in [-0.3, -0.25) is 4.79 Å². The van der Waals surface area contributed by atoms with E-state index in [1.807, 2.05) is 24.3 Å². The number of hydrogen-bond acceptors (Lipinski definition) is 7. The van der Waals surface area contributed by atoms with Crippen LogP contribution in [0.4, 0.5) is 11.5 Å². The molecule has 1 aromatic heterocycles. The van der Waals surface area contributed by atoms with Crippen LogP contribution in [0.2, 0.25) is 0 Å². The monoisotopic (exact) mass is 362 g/mol. The lowest BCUT2D eigenvalue weighted by Crippen LogP contribution is -2.36. The number of sulfone groups is 1. The maximum atomic E-state index is 12.1. The van der Waals surface area contributed by atoms with Crippen molar-refractivity contribution in [2.45, 2.75) is 12.5 Å². The molecular formula is C16H18N4O4S. The molecule has 1 atom stereocenters. The number of hydrogen-bond donors (Lipinski definition) is 2. The SMILES string of the molecule is COc1ccccc1Nc1ccc(C(=O)NC2CCS(=O)(=O)C2)nn1. The number of para-hydroxylation sites is 2. The molecule has 1 unspecified atom stereocenters. The molecule has 1 fully saturated rings. The Morgan fingerprint density at radius 2 is 2.00 bits per heavy atom. The lowest BCUT2D eigenvalue weighted by atomic mass is 10.2. The quantitative estimate of drug-likeness (QED) is 0.821. The molecule has 9 heteroatoms. The van der Waals surface area contributed by atoms with Gasteiger partial charge in [0, 0.05) is 6.04 Å². The largest absolute Gasteiger partial charge is 0.495 e. The number of aromatic nitrogens is 2. The third-order valence-corrected chi connectivity index (χ3v) is 5.60. The Balaban J connectivity index is 1.65. The zero-order chi connectivity index (χ0) is 17.9. The standard InChI is InChI=1S/C16H18N4O4S/c1-24-14-5-3-2-4-12(14)18-15-7-6-13(19-20-15)16(21)17-11-8-9-25(22,23)10-11/h2-7,11H,8-10H2,1H3,(H,17,21)(H,18,20). The van der Waals surface area contributed by atoms with Crippen LogP contribution >= 0.6 is 0 Å². The Morgan fingerprint density at radius 1 is 1.20 bits per heavy atom. The van der Waals surface area contributed by atoms with E-state index < -0.39 is 15.7 Å². The van der Waals surface area contributed by atoms with Gasteiger partial charge >= 0.3 is 0 Å². The van der Waals surface area contributed by atoms with Crippen LogP contribution in [0.15, 0.2) is 36.4 Å². The molecular weight excluding hydrogens is 344 g/mol. The molecule has 0 spiro atoms. The van der Waals surface area contributed by atoms with E-state index in [9.17, 15) is 13.2 Å². The summed E-state index contributed by atoms with van der Waals surface area (Å²) in [5.41, 5.74) is 0.863. The van der Waals surface area contributed by atoms with E-state index in [4.69, 9.17) is 4.74 Å². The van der Waals surface area contributed by atoms with Crippen molar-refractivity contribution in [3.8, 4) is 5.75 Å². The molecule has 2 heterocycles. The zero-order valence-corrected chi connectivity index (χ0v) is 14.4. The number of methoxy groups -OCH3 is 1. The van der Waals surface area contributed by atoms with Gasteiger partial charge in [0.05, 0.1) is 24.3 Å². The second-order valence-corrected chi connectivity index (χ2v) is 7.93. The van der Waals surface area contributed by atoms with Crippen molar-refractivity contribution in [3.63, 3.8) is 0 Å². The molecule has 0 aliphatic carbocycles. The topological polar surface area (TPSA) is 110 Å². The number of carbonyl (C=O) groups excluding carboxylic acids is 1. The minimum absolute atomic E-state index is 0.0282. The summed E-state index contributed by atoms with van der Waals surface area (Å²) in [7, 11) is -1.47. The summed E-state index contributed by atoms with van der Waals surface area (Å²) in [4.78, 5) is 12.1. The number of amides is 1. The third kappa shape index (κ3) is 4.24. The van der Waals surface area contributed by atoms with Crippen LogP contribution in [-0.4, -0.2) is 49.2 Å². The molecule has 1 aliphatic heterocycles. The molecule has 3 rings (SSSR count). The van der Waals surface area contributed by atoms with E-state index in [0.29, 0.717) is 18.0 Å². The summed E-state index contributed by atoms with van der Waals surface area (Å²) < 4.78 is 28.1. The summed E-state index contributed by atoms with van der Waals surface area (Å²) in [6, 6.07) is 10.1. The van der Waals surface area contributed by atoms with Gasteiger partial charge in [0.15, 0.2) is 21.3 Å². The summed E-state index contributed by atoms with van der Waals surface area (Å²) in [6.45, 7) is 0. The van der Waals surface area contributed by atoms with E-state index in [1.165, 1.54) is 6.07 Å². The van der Waals surface area contributed by atoms with Crippen molar-refractivity contribution in [3.05, 3.63) is 42.1 Å². The molecule has 2 N–H and O–H groups in total. The van der Waals surface area contributed by atoms with Gasteiger partial charge in [0.2, 0.25) is 0 Å². The van der Waals surface area contributed by atoms with Gasteiger partial charge in [-0.1, -0.05) is 12.1 Å². The number of nitrogens with one attached hydrogen (secondary N) is 2. The highest BCUT2D eigenvalue weighted by Gasteiger charge is 2.29. The molecule has 8 nitrogen and oxygen atoms in total. The van der Waals surface area contributed by atoms with Crippen LogP contribution in [0.3, 0.4) is 0 Å². The molecule has 0 radical (unpaired) electrons. The predicted octanol–water partition coefficient (Wildman–Crippen LogP) is 1.15. The van der Waals surface area contributed by atoms with Gasteiger partial charge in [0.1, 0.15) is 5.75 Å². The lowest BCUT2D eigenvalue weighted by molar-refractivity contribution is 0.0935. The summed E-state index contributed by atoms with van der Waals surface area (Å²) in [6.07, 6.45) is 0.426. The van der Waals surface area contributed by atoms with Gasteiger partial charge in [0.25, 0.3) is 5.91 Å². The summed E-state index contributed by atoms with van der Waals surface area (Å²) >= 11 is 0. The molecule has 25 heavy (non-hydrogen) atoms. The maximum Gasteiger partial charge on any atom is 0.272 e. The normalized spacial score (nSPS) is 18.5. The average molecular weight is 362 g/mol. The van der Waals surface area contributed by atoms with E-state index in [0.717, 1.165) is 5.69 Å². The Hall–Kier alpha value is -2.68. The van der Waals surface area contributed by atoms with Crippen molar-refractivity contribution in [2.24, 2.45) is 0 Å². The van der Waals surface area contributed by atoms with Crippen molar-refractivity contribution in [2.75, 3.05) is 23.9 Å². The average Bonchev–Trinajstić information content (AvgIpc) is 2.94. The predicted molar refractivity (Wildman–Crippen MR) is 92.8 cm³/mol. The number of anilines is 2. The lowest BCUT2D eigenvalue weighted by Gasteiger charge is -2.11. The minimum Gasteiger partial charge on any atom is -0.495 e. The molecule has 1 aromatic carbocycles. The third-order valence-electron chi connectivity index (χ3n) is 3.83. The second kappa shape index (κ2) is 7.06. The Morgan fingerprint density at radius 3 is 2.64 bits per heavy atom. The Bertz CT molecular complexity index is 868. The first-order chi connectivity index (χ1) is 12.0. The van der Waals surface area contributed by atoms with Gasteiger partial charge in [-0.2, -0.15) is 0 Å². The van der Waals surface area contributed by atoms with Gasteiger partial charge in [-0.05, 0) is 30.7 Å². The first kappa shape index (κ1) is 17.2. The molecule has 2 aromatic rings. The minimum atomic E-state index is -3.04. The van der Waals surface area contributed by atoms with Crippen LogP contribution in [-0.2, 0) is 9.84 Å².